The molecule has 9 heteroatoms. The van der Waals surface area contributed by atoms with Gasteiger partial charge in [-0.3, -0.25) is 4.57 Å². The van der Waals surface area contributed by atoms with Crippen LogP contribution >= 0.6 is 0 Å². The number of nitrogens with one attached hydrogen (secondary N) is 1. The van der Waals surface area contributed by atoms with E-state index in [1.807, 2.05) is 31.2 Å². The third kappa shape index (κ3) is 4.12. The Labute approximate surface area is 199 Å². The standard InChI is InChI=1S/C26H21F2N5O2/c1-16-7-3-4-12-22(16)30-25-29-14-23-24(31-25)33(17-8-5-9-18(13-17)35-2)26(34)32(23)15-19-20(27)10-6-11-21(19)28/h3-14H,15H2,1-2H3,(H,29,30,31). The fourth-order valence-corrected chi connectivity index (χ4v) is 3.91. The zero-order chi connectivity index (χ0) is 24.5. The number of rotatable bonds is 6. The predicted molar refractivity (Wildman–Crippen MR) is 130 cm³/mol. The molecule has 0 aliphatic carbocycles. The van der Waals surface area contributed by atoms with E-state index in [1.54, 1.807) is 24.3 Å². The van der Waals surface area contributed by atoms with Crippen molar-refractivity contribution in [3.8, 4) is 11.4 Å². The Morgan fingerprint density at radius 1 is 1.00 bits per heavy atom. The molecule has 0 aliphatic heterocycles. The highest BCUT2D eigenvalue weighted by Gasteiger charge is 2.20. The average molecular weight is 473 g/mol. The normalized spacial score (nSPS) is 11.1. The quantitative estimate of drug-likeness (QED) is 0.377. The first-order valence-electron chi connectivity index (χ1n) is 10.8. The highest BCUT2D eigenvalue weighted by atomic mass is 19.1. The zero-order valence-electron chi connectivity index (χ0n) is 19.0. The lowest BCUT2D eigenvalue weighted by molar-refractivity contribution is 0.414. The summed E-state index contributed by atoms with van der Waals surface area (Å²) in [7, 11) is 1.53. The molecule has 35 heavy (non-hydrogen) atoms. The van der Waals surface area contributed by atoms with Gasteiger partial charge >= 0.3 is 5.69 Å². The molecule has 0 saturated carbocycles. The largest absolute Gasteiger partial charge is 0.497 e. The van der Waals surface area contributed by atoms with Crippen LogP contribution in [0.25, 0.3) is 16.9 Å². The number of benzene rings is 3. The van der Waals surface area contributed by atoms with Crippen molar-refractivity contribution in [3.05, 3.63) is 106 Å². The number of aromatic nitrogens is 4. The van der Waals surface area contributed by atoms with Gasteiger partial charge in [-0.25, -0.2) is 23.1 Å². The van der Waals surface area contributed by atoms with Gasteiger partial charge in [0.05, 0.1) is 25.5 Å². The van der Waals surface area contributed by atoms with Crippen molar-refractivity contribution in [3.63, 3.8) is 0 Å². The highest BCUT2D eigenvalue weighted by molar-refractivity contribution is 5.75. The van der Waals surface area contributed by atoms with Crippen molar-refractivity contribution in [1.82, 2.24) is 19.1 Å². The molecular weight excluding hydrogens is 452 g/mol. The summed E-state index contributed by atoms with van der Waals surface area (Å²) < 4.78 is 36.8. The summed E-state index contributed by atoms with van der Waals surface area (Å²) >= 11 is 0. The molecule has 1 N–H and O–H groups in total. The molecule has 5 aromatic rings. The lowest BCUT2D eigenvalue weighted by Crippen LogP contribution is -2.24. The van der Waals surface area contributed by atoms with E-state index >= 15 is 0 Å². The molecule has 2 heterocycles. The average Bonchev–Trinajstić information content (AvgIpc) is 3.13. The van der Waals surface area contributed by atoms with Crippen molar-refractivity contribution < 1.29 is 13.5 Å². The molecule has 0 saturated heterocycles. The van der Waals surface area contributed by atoms with Gasteiger partial charge in [0.2, 0.25) is 5.95 Å². The van der Waals surface area contributed by atoms with Crippen molar-refractivity contribution in [2.75, 3.05) is 12.4 Å². The van der Waals surface area contributed by atoms with Crippen LogP contribution in [0.2, 0.25) is 0 Å². The maximum Gasteiger partial charge on any atom is 0.335 e. The molecule has 0 aliphatic rings. The smallest absolute Gasteiger partial charge is 0.335 e. The summed E-state index contributed by atoms with van der Waals surface area (Å²) in [5, 5.41) is 3.17. The summed E-state index contributed by atoms with van der Waals surface area (Å²) in [4.78, 5) is 22.6. The molecule has 7 nitrogen and oxygen atoms in total. The Hall–Kier alpha value is -4.53. The first kappa shape index (κ1) is 22.3. The summed E-state index contributed by atoms with van der Waals surface area (Å²) in [5.41, 5.74) is 2.18. The van der Waals surface area contributed by atoms with E-state index in [1.165, 1.54) is 28.5 Å². The number of ether oxygens (including phenoxy) is 1. The van der Waals surface area contributed by atoms with Crippen molar-refractivity contribution in [2.24, 2.45) is 0 Å². The van der Waals surface area contributed by atoms with Crippen LogP contribution in [-0.4, -0.2) is 26.2 Å². The fourth-order valence-electron chi connectivity index (χ4n) is 3.91. The third-order valence-corrected chi connectivity index (χ3v) is 5.76. The van der Waals surface area contributed by atoms with Gasteiger partial charge in [-0.1, -0.05) is 30.3 Å². The lowest BCUT2D eigenvalue weighted by atomic mass is 10.2. The SMILES string of the molecule is COc1cccc(-n2c(=O)n(Cc3c(F)cccc3F)c3cnc(Nc4ccccc4C)nc32)c1. The van der Waals surface area contributed by atoms with E-state index in [4.69, 9.17) is 4.74 Å². The van der Waals surface area contributed by atoms with Gasteiger partial charge in [0.1, 0.15) is 22.9 Å². The van der Waals surface area contributed by atoms with Crippen LogP contribution in [0, 0.1) is 18.6 Å². The molecule has 5 rings (SSSR count). The Balaban J connectivity index is 1.71. The zero-order valence-corrected chi connectivity index (χ0v) is 19.0. The van der Waals surface area contributed by atoms with Crippen LogP contribution < -0.4 is 15.7 Å². The van der Waals surface area contributed by atoms with E-state index in [2.05, 4.69) is 15.3 Å². The van der Waals surface area contributed by atoms with Gasteiger partial charge in [-0.15, -0.1) is 0 Å². The van der Waals surface area contributed by atoms with Gasteiger partial charge in [-0.2, -0.15) is 4.98 Å². The number of fused-ring (bicyclic) bond motifs is 1. The second-order valence-electron chi connectivity index (χ2n) is 7.95. The Kier molecular flexibility index (Phi) is 5.74. The summed E-state index contributed by atoms with van der Waals surface area (Å²) in [6.07, 6.45) is 1.47. The van der Waals surface area contributed by atoms with Gasteiger partial charge in [0.15, 0.2) is 5.65 Å². The summed E-state index contributed by atoms with van der Waals surface area (Å²) in [6, 6.07) is 18.2. The van der Waals surface area contributed by atoms with Crippen molar-refractivity contribution in [2.45, 2.75) is 13.5 Å². The predicted octanol–water partition coefficient (Wildman–Crippen LogP) is 4.97. The van der Waals surface area contributed by atoms with Crippen LogP contribution in [-0.2, 0) is 6.54 Å². The molecule has 0 fully saturated rings. The molecule has 0 atom stereocenters. The number of aryl methyl sites for hydroxylation is 1. The third-order valence-electron chi connectivity index (χ3n) is 5.76. The Bertz CT molecular complexity index is 1590. The number of methoxy groups -OCH3 is 1. The van der Waals surface area contributed by atoms with Crippen LogP contribution in [0.15, 0.2) is 77.7 Å². The highest BCUT2D eigenvalue weighted by Crippen LogP contribution is 2.24. The van der Waals surface area contributed by atoms with Crippen LogP contribution in [0.3, 0.4) is 0 Å². The molecule has 0 unspecified atom stereocenters. The molecule has 0 bridgehead atoms. The topological polar surface area (TPSA) is 74.0 Å². The monoisotopic (exact) mass is 473 g/mol. The Morgan fingerprint density at radius 2 is 1.74 bits per heavy atom. The molecule has 0 radical (unpaired) electrons. The van der Waals surface area contributed by atoms with Crippen LogP contribution in [0.1, 0.15) is 11.1 Å². The second kappa shape index (κ2) is 9.02. The van der Waals surface area contributed by atoms with E-state index in [0.29, 0.717) is 17.0 Å². The van der Waals surface area contributed by atoms with Crippen LogP contribution in [0.4, 0.5) is 20.4 Å². The number of para-hydroxylation sites is 1. The number of halogens is 2. The van der Waals surface area contributed by atoms with Gasteiger partial charge in [-0.05, 0) is 42.8 Å². The van der Waals surface area contributed by atoms with Crippen molar-refractivity contribution >= 4 is 22.8 Å². The lowest BCUT2D eigenvalue weighted by Gasteiger charge is -2.09. The van der Waals surface area contributed by atoms with E-state index in [9.17, 15) is 13.6 Å². The van der Waals surface area contributed by atoms with Crippen molar-refractivity contribution in [1.29, 1.82) is 0 Å². The molecule has 0 amide bonds. The summed E-state index contributed by atoms with van der Waals surface area (Å²) in [6.45, 7) is 1.63. The minimum atomic E-state index is -0.738. The number of hydrogen-bond acceptors (Lipinski definition) is 5. The molecule has 2 aromatic heterocycles. The Morgan fingerprint density at radius 3 is 2.49 bits per heavy atom. The van der Waals surface area contributed by atoms with Gasteiger partial charge in [0, 0.05) is 17.3 Å². The summed E-state index contributed by atoms with van der Waals surface area (Å²) in [5.74, 6) is -0.656. The first-order valence-corrected chi connectivity index (χ1v) is 10.8. The number of imidazole rings is 1. The van der Waals surface area contributed by atoms with E-state index in [0.717, 1.165) is 23.4 Å². The fraction of sp³-hybridized carbons (Fsp3) is 0.115. The minimum Gasteiger partial charge on any atom is -0.497 e. The second-order valence-corrected chi connectivity index (χ2v) is 7.95. The van der Waals surface area contributed by atoms with Gasteiger partial charge < -0.3 is 10.1 Å². The molecule has 176 valence electrons. The number of nitrogens with zero attached hydrogens (tertiary/aromatic N) is 4. The minimum absolute atomic E-state index is 0.221. The van der Waals surface area contributed by atoms with E-state index < -0.39 is 17.3 Å². The maximum absolute atomic E-state index is 14.4. The first-order chi connectivity index (χ1) is 17.0. The molecular formula is C26H21F2N5O2. The van der Waals surface area contributed by atoms with Crippen LogP contribution in [0.5, 0.6) is 5.75 Å². The van der Waals surface area contributed by atoms with Gasteiger partial charge in [0.25, 0.3) is 0 Å². The molecule has 3 aromatic carbocycles. The number of hydrogen-bond donors (Lipinski definition) is 1. The number of anilines is 2. The maximum atomic E-state index is 14.4. The molecule has 0 spiro atoms. The van der Waals surface area contributed by atoms with E-state index in [-0.39, 0.29) is 23.7 Å².